The fourth-order valence-electron chi connectivity index (χ4n) is 3.94. The fraction of sp³-hybridized carbons (Fsp3) is 0.556. The van der Waals surface area contributed by atoms with E-state index < -0.39 is 0 Å². The first-order chi connectivity index (χ1) is 9.85. The van der Waals surface area contributed by atoms with Crippen molar-refractivity contribution in [3.05, 3.63) is 35.0 Å². The Morgan fingerprint density at radius 3 is 2.85 bits per heavy atom. The molecule has 20 heavy (non-hydrogen) atoms. The van der Waals surface area contributed by atoms with Gasteiger partial charge in [-0.15, -0.1) is 0 Å². The zero-order valence-corrected chi connectivity index (χ0v) is 12.3. The predicted molar refractivity (Wildman–Crippen MR) is 81.8 cm³/mol. The van der Waals surface area contributed by atoms with Crippen molar-refractivity contribution in [2.75, 3.05) is 20.2 Å². The number of hydrogen-bond donors (Lipinski definition) is 0. The number of nitrogens with zero attached hydrogens (tertiary/aromatic N) is 1. The molecular formula is C18H23NO. The lowest BCUT2D eigenvalue weighted by Crippen LogP contribution is -2.30. The van der Waals surface area contributed by atoms with Crippen LogP contribution in [0.4, 0.5) is 0 Å². The Morgan fingerprint density at radius 2 is 2.10 bits per heavy atom. The van der Waals surface area contributed by atoms with Gasteiger partial charge in [0.15, 0.2) is 0 Å². The van der Waals surface area contributed by atoms with Crippen LogP contribution >= 0.6 is 0 Å². The maximum atomic E-state index is 5.41. The third kappa shape index (κ3) is 1.93. The average Bonchev–Trinajstić information content (AvgIpc) is 2.85. The summed E-state index contributed by atoms with van der Waals surface area (Å²) in [6.45, 7) is 2.54. The van der Waals surface area contributed by atoms with Gasteiger partial charge in [-0.05, 0) is 66.9 Å². The number of rotatable bonds is 3. The lowest BCUT2D eigenvalue weighted by Gasteiger charge is -2.33. The van der Waals surface area contributed by atoms with Gasteiger partial charge in [-0.25, -0.2) is 0 Å². The van der Waals surface area contributed by atoms with E-state index in [9.17, 15) is 0 Å². The lowest BCUT2D eigenvalue weighted by molar-refractivity contribution is 0.218. The molecule has 0 atom stereocenters. The molecule has 0 saturated heterocycles. The molecular weight excluding hydrogens is 246 g/mol. The predicted octanol–water partition coefficient (Wildman–Crippen LogP) is 3.86. The number of hydrogen-bond acceptors (Lipinski definition) is 2. The van der Waals surface area contributed by atoms with E-state index in [2.05, 4.69) is 23.1 Å². The van der Waals surface area contributed by atoms with E-state index in [0.29, 0.717) is 0 Å². The molecule has 4 rings (SSSR count). The number of methoxy groups -OCH3 is 1. The summed E-state index contributed by atoms with van der Waals surface area (Å²) >= 11 is 0. The second-order valence-electron chi connectivity index (χ2n) is 6.44. The summed E-state index contributed by atoms with van der Waals surface area (Å²) in [4.78, 5) is 2.68. The number of allylic oxidation sites excluding steroid dienone is 1. The number of fused-ring (bicyclic) bond motifs is 2. The summed E-state index contributed by atoms with van der Waals surface area (Å²) in [5.74, 6) is 1.96. The van der Waals surface area contributed by atoms with Gasteiger partial charge in [0.25, 0.3) is 0 Å². The third-order valence-corrected chi connectivity index (χ3v) is 5.34. The monoisotopic (exact) mass is 269 g/mol. The molecule has 0 amide bonds. The fourth-order valence-corrected chi connectivity index (χ4v) is 3.94. The Hall–Kier alpha value is -1.44. The summed E-state index contributed by atoms with van der Waals surface area (Å²) in [6, 6.07) is 6.61. The zero-order valence-electron chi connectivity index (χ0n) is 12.3. The van der Waals surface area contributed by atoms with Crippen molar-refractivity contribution in [1.82, 2.24) is 4.90 Å². The van der Waals surface area contributed by atoms with E-state index in [1.165, 1.54) is 62.7 Å². The second kappa shape index (κ2) is 4.83. The van der Waals surface area contributed by atoms with E-state index in [1.54, 1.807) is 18.4 Å². The van der Waals surface area contributed by atoms with E-state index in [4.69, 9.17) is 4.74 Å². The molecule has 2 nitrogen and oxygen atoms in total. The van der Waals surface area contributed by atoms with Crippen LogP contribution in [0.25, 0.3) is 5.57 Å². The Balaban J connectivity index is 1.64. The summed E-state index contributed by atoms with van der Waals surface area (Å²) in [5.41, 5.74) is 6.21. The van der Waals surface area contributed by atoms with E-state index in [1.807, 2.05) is 0 Å². The molecule has 1 aromatic rings. The van der Waals surface area contributed by atoms with Gasteiger partial charge in [-0.2, -0.15) is 0 Å². The Bertz CT molecular complexity index is 557. The summed E-state index contributed by atoms with van der Waals surface area (Å²) in [5, 5.41) is 0. The quantitative estimate of drug-likeness (QED) is 0.826. The minimum absolute atomic E-state index is 0.966. The Kier molecular flexibility index (Phi) is 2.98. The van der Waals surface area contributed by atoms with E-state index in [0.717, 1.165) is 11.7 Å². The standard InChI is InChI=1S/C18H23NO/c1-20-15-7-5-14-6-8-18-16(17(14)11-15)9-10-19(18)12-13-3-2-4-13/h5,7,11,13H,2-4,6,8-10,12H2,1H3. The molecule has 0 spiro atoms. The SMILES string of the molecule is COc1ccc2c(c1)C1=C(CC2)N(CC2CCC2)CC1. The Morgan fingerprint density at radius 1 is 1.20 bits per heavy atom. The highest BCUT2D eigenvalue weighted by Gasteiger charge is 2.30. The van der Waals surface area contributed by atoms with Crippen LogP contribution in [-0.4, -0.2) is 25.1 Å². The van der Waals surface area contributed by atoms with Gasteiger partial charge in [0.1, 0.15) is 5.75 Å². The molecule has 106 valence electrons. The van der Waals surface area contributed by atoms with E-state index in [-0.39, 0.29) is 0 Å². The van der Waals surface area contributed by atoms with Gasteiger partial charge < -0.3 is 9.64 Å². The van der Waals surface area contributed by atoms with Crippen molar-refractivity contribution in [2.24, 2.45) is 5.92 Å². The Labute approximate surface area is 121 Å². The highest BCUT2D eigenvalue weighted by Crippen LogP contribution is 2.42. The van der Waals surface area contributed by atoms with Gasteiger partial charge in [-0.3, -0.25) is 0 Å². The van der Waals surface area contributed by atoms with Crippen LogP contribution in [0.15, 0.2) is 23.9 Å². The van der Waals surface area contributed by atoms with Crippen LogP contribution in [0.5, 0.6) is 5.75 Å². The molecule has 0 radical (unpaired) electrons. The minimum atomic E-state index is 0.966. The van der Waals surface area contributed by atoms with Crippen LogP contribution in [0.1, 0.15) is 43.2 Å². The van der Waals surface area contributed by atoms with Crippen molar-refractivity contribution in [3.63, 3.8) is 0 Å². The van der Waals surface area contributed by atoms with Gasteiger partial charge in [0, 0.05) is 18.8 Å². The topological polar surface area (TPSA) is 12.5 Å². The largest absolute Gasteiger partial charge is 0.497 e. The second-order valence-corrected chi connectivity index (χ2v) is 6.44. The zero-order chi connectivity index (χ0) is 13.5. The normalized spacial score (nSPS) is 21.6. The molecule has 3 aliphatic rings. The smallest absolute Gasteiger partial charge is 0.119 e. The van der Waals surface area contributed by atoms with Gasteiger partial charge >= 0.3 is 0 Å². The van der Waals surface area contributed by atoms with Crippen molar-refractivity contribution in [1.29, 1.82) is 0 Å². The highest BCUT2D eigenvalue weighted by molar-refractivity contribution is 5.75. The van der Waals surface area contributed by atoms with Gasteiger partial charge in [-0.1, -0.05) is 12.5 Å². The first-order valence-electron chi connectivity index (χ1n) is 7.99. The van der Waals surface area contributed by atoms with Gasteiger partial charge in [0.2, 0.25) is 0 Å². The molecule has 1 aromatic carbocycles. The molecule has 1 saturated carbocycles. The van der Waals surface area contributed by atoms with Crippen LogP contribution in [0.3, 0.4) is 0 Å². The van der Waals surface area contributed by atoms with Crippen molar-refractivity contribution < 1.29 is 4.74 Å². The average molecular weight is 269 g/mol. The maximum Gasteiger partial charge on any atom is 0.119 e. The number of benzene rings is 1. The first-order valence-corrected chi connectivity index (χ1v) is 7.99. The summed E-state index contributed by atoms with van der Waals surface area (Å²) in [7, 11) is 1.76. The molecule has 2 aliphatic carbocycles. The number of aryl methyl sites for hydroxylation is 1. The van der Waals surface area contributed by atoms with Crippen LogP contribution < -0.4 is 4.74 Å². The third-order valence-electron chi connectivity index (χ3n) is 5.34. The molecule has 0 aromatic heterocycles. The molecule has 1 heterocycles. The molecule has 2 heteroatoms. The molecule has 1 aliphatic heterocycles. The van der Waals surface area contributed by atoms with Crippen LogP contribution in [-0.2, 0) is 6.42 Å². The summed E-state index contributed by atoms with van der Waals surface area (Å²) in [6.07, 6.45) is 8.00. The number of ether oxygens (including phenoxy) is 1. The minimum Gasteiger partial charge on any atom is -0.497 e. The lowest BCUT2D eigenvalue weighted by atomic mass is 9.84. The van der Waals surface area contributed by atoms with Crippen LogP contribution in [0, 0.1) is 5.92 Å². The van der Waals surface area contributed by atoms with Crippen molar-refractivity contribution in [3.8, 4) is 5.75 Å². The summed E-state index contributed by atoms with van der Waals surface area (Å²) < 4.78 is 5.41. The molecule has 0 N–H and O–H groups in total. The van der Waals surface area contributed by atoms with Crippen molar-refractivity contribution >= 4 is 5.57 Å². The first kappa shape index (κ1) is 12.3. The molecule has 1 fully saturated rings. The van der Waals surface area contributed by atoms with Crippen LogP contribution in [0.2, 0.25) is 0 Å². The highest BCUT2D eigenvalue weighted by atomic mass is 16.5. The van der Waals surface area contributed by atoms with Crippen molar-refractivity contribution in [2.45, 2.75) is 38.5 Å². The van der Waals surface area contributed by atoms with Gasteiger partial charge in [0.05, 0.1) is 7.11 Å². The maximum absolute atomic E-state index is 5.41. The van der Waals surface area contributed by atoms with E-state index >= 15 is 0 Å². The molecule has 0 unspecified atom stereocenters. The molecule has 0 bridgehead atoms.